The van der Waals surface area contributed by atoms with Crippen LogP contribution in [0.3, 0.4) is 0 Å². The number of ether oxygens (including phenoxy) is 2. The van der Waals surface area contributed by atoms with Crippen LogP contribution in [0, 0.1) is 0 Å². The second-order valence-corrected chi connectivity index (χ2v) is 5.54. The number of hydrogen-bond acceptors (Lipinski definition) is 3. The van der Waals surface area contributed by atoms with Gasteiger partial charge in [0, 0.05) is 6.54 Å². The maximum absolute atomic E-state index is 5.60. The van der Waals surface area contributed by atoms with Gasteiger partial charge in [0.1, 0.15) is 12.4 Å². The van der Waals surface area contributed by atoms with Crippen molar-refractivity contribution in [2.45, 2.75) is 39.2 Å². The van der Waals surface area contributed by atoms with E-state index in [1.165, 1.54) is 5.56 Å². The molecule has 1 unspecified atom stereocenters. The summed E-state index contributed by atoms with van der Waals surface area (Å²) in [4.78, 5) is 0. The molecule has 1 rings (SSSR count). The Morgan fingerprint density at radius 1 is 1.11 bits per heavy atom. The first-order chi connectivity index (χ1) is 8.43. The van der Waals surface area contributed by atoms with E-state index < -0.39 is 0 Å². The summed E-state index contributed by atoms with van der Waals surface area (Å²) in [5.74, 6) is 0.881. The largest absolute Gasteiger partial charge is 0.491 e. The Morgan fingerprint density at radius 3 is 2.22 bits per heavy atom. The highest BCUT2D eigenvalue weighted by Crippen LogP contribution is 2.24. The fourth-order valence-electron chi connectivity index (χ4n) is 1.53. The van der Waals surface area contributed by atoms with Crippen molar-refractivity contribution in [3.8, 4) is 5.75 Å². The van der Waals surface area contributed by atoms with E-state index in [2.05, 4.69) is 32.9 Å². The Labute approximate surface area is 110 Å². The predicted octanol–water partition coefficient (Wildman–Crippen LogP) is 2.73. The molecule has 0 amide bonds. The maximum atomic E-state index is 5.60. The quantitative estimate of drug-likeness (QED) is 0.791. The molecule has 0 aliphatic carbocycles. The molecule has 0 spiro atoms. The second kappa shape index (κ2) is 6.76. The van der Waals surface area contributed by atoms with Gasteiger partial charge in [0.15, 0.2) is 0 Å². The number of benzene rings is 1. The number of hydrogen-bond donors (Lipinski definition) is 1. The molecule has 0 fully saturated rings. The van der Waals surface area contributed by atoms with Gasteiger partial charge in [-0.15, -0.1) is 0 Å². The highest BCUT2D eigenvalue weighted by atomic mass is 16.5. The summed E-state index contributed by atoms with van der Waals surface area (Å²) in [6, 6.07) is 8.23. The van der Waals surface area contributed by atoms with Crippen LogP contribution in [0.1, 0.15) is 33.3 Å². The van der Waals surface area contributed by atoms with Gasteiger partial charge < -0.3 is 15.2 Å². The second-order valence-electron chi connectivity index (χ2n) is 5.54. The average Bonchev–Trinajstić information content (AvgIpc) is 2.33. The highest BCUT2D eigenvalue weighted by Gasteiger charge is 2.12. The molecular formula is C15H25NO2. The molecule has 0 saturated carbocycles. The molecular weight excluding hydrogens is 226 g/mol. The first kappa shape index (κ1) is 15.0. The van der Waals surface area contributed by atoms with E-state index in [9.17, 15) is 0 Å². The normalized spacial score (nSPS) is 13.4. The molecule has 0 bridgehead atoms. The fraction of sp³-hybridized carbons (Fsp3) is 0.600. The molecule has 1 atom stereocenters. The van der Waals surface area contributed by atoms with Crippen molar-refractivity contribution in [2.75, 3.05) is 19.8 Å². The minimum atomic E-state index is 0.0943. The average molecular weight is 251 g/mol. The van der Waals surface area contributed by atoms with Crippen LogP contribution < -0.4 is 10.5 Å². The molecule has 3 heteroatoms. The van der Waals surface area contributed by atoms with E-state index in [0.717, 1.165) is 5.75 Å². The van der Waals surface area contributed by atoms with Crippen LogP contribution in [0.2, 0.25) is 0 Å². The monoisotopic (exact) mass is 251 g/mol. The van der Waals surface area contributed by atoms with Gasteiger partial charge in [-0.1, -0.05) is 32.9 Å². The lowest BCUT2D eigenvalue weighted by Gasteiger charge is -2.19. The topological polar surface area (TPSA) is 44.5 Å². The molecule has 0 heterocycles. The van der Waals surface area contributed by atoms with Crippen molar-refractivity contribution in [1.82, 2.24) is 0 Å². The molecule has 1 aromatic rings. The molecule has 1 aromatic carbocycles. The van der Waals surface area contributed by atoms with Gasteiger partial charge in [-0.05, 0) is 30.0 Å². The van der Waals surface area contributed by atoms with Crippen molar-refractivity contribution in [2.24, 2.45) is 5.73 Å². The summed E-state index contributed by atoms with van der Waals surface area (Å²) in [5, 5.41) is 0. The summed E-state index contributed by atoms with van der Waals surface area (Å²) >= 11 is 0. The lowest BCUT2D eigenvalue weighted by molar-refractivity contribution is 0.0496. The van der Waals surface area contributed by atoms with Crippen molar-refractivity contribution in [3.05, 3.63) is 29.8 Å². The highest BCUT2D eigenvalue weighted by molar-refractivity contribution is 5.31. The van der Waals surface area contributed by atoms with Gasteiger partial charge >= 0.3 is 0 Å². The Balaban J connectivity index is 2.36. The van der Waals surface area contributed by atoms with Crippen molar-refractivity contribution < 1.29 is 9.47 Å². The fourth-order valence-corrected chi connectivity index (χ4v) is 1.53. The van der Waals surface area contributed by atoms with Crippen LogP contribution in [0.5, 0.6) is 5.75 Å². The minimum absolute atomic E-state index is 0.0943. The molecule has 18 heavy (non-hydrogen) atoms. The van der Waals surface area contributed by atoms with E-state index in [0.29, 0.717) is 19.8 Å². The van der Waals surface area contributed by atoms with Crippen molar-refractivity contribution >= 4 is 0 Å². The summed E-state index contributed by atoms with van der Waals surface area (Å²) in [6.07, 6.45) is 0.0943. The van der Waals surface area contributed by atoms with Crippen LogP contribution in [0.4, 0.5) is 0 Å². The third kappa shape index (κ3) is 5.07. The van der Waals surface area contributed by atoms with Crippen LogP contribution in [0.25, 0.3) is 0 Å². The smallest absolute Gasteiger partial charge is 0.119 e. The standard InChI is InChI=1S/C15H25NO2/c1-12(11-16)17-9-10-18-14-7-5-13(6-8-14)15(2,3)4/h5-8,12H,9-11,16H2,1-4H3. The lowest BCUT2D eigenvalue weighted by atomic mass is 9.87. The zero-order chi connectivity index (χ0) is 13.6. The van der Waals surface area contributed by atoms with E-state index in [-0.39, 0.29) is 11.5 Å². The zero-order valence-electron chi connectivity index (χ0n) is 11.9. The van der Waals surface area contributed by atoms with Crippen molar-refractivity contribution in [3.63, 3.8) is 0 Å². The molecule has 0 aliphatic rings. The molecule has 3 nitrogen and oxygen atoms in total. The van der Waals surface area contributed by atoms with E-state index >= 15 is 0 Å². The predicted molar refractivity (Wildman–Crippen MR) is 75.1 cm³/mol. The Hall–Kier alpha value is -1.06. The van der Waals surface area contributed by atoms with Gasteiger partial charge in [0.25, 0.3) is 0 Å². The third-order valence-corrected chi connectivity index (χ3v) is 2.81. The lowest BCUT2D eigenvalue weighted by Crippen LogP contribution is -2.22. The zero-order valence-corrected chi connectivity index (χ0v) is 11.9. The third-order valence-electron chi connectivity index (χ3n) is 2.81. The van der Waals surface area contributed by atoms with Gasteiger partial charge in [-0.3, -0.25) is 0 Å². The summed E-state index contributed by atoms with van der Waals surface area (Å²) in [7, 11) is 0. The summed E-state index contributed by atoms with van der Waals surface area (Å²) in [6.45, 7) is 10.2. The molecule has 0 aromatic heterocycles. The first-order valence-corrected chi connectivity index (χ1v) is 6.48. The Morgan fingerprint density at radius 2 is 1.72 bits per heavy atom. The summed E-state index contributed by atoms with van der Waals surface area (Å²) in [5.41, 5.74) is 6.94. The molecule has 0 radical (unpaired) electrons. The Bertz CT molecular complexity index is 341. The molecule has 0 aliphatic heterocycles. The van der Waals surface area contributed by atoms with Crippen LogP contribution in [-0.4, -0.2) is 25.9 Å². The van der Waals surface area contributed by atoms with Gasteiger partial charge in [-0.25, -0.2) is 0 Å². The summed E-state index contributed by atoms with van der Waals surface area (Å²) < 4.78 is 11.0. The molecule has 102 valence electrons. The molecule has 0 saturated heterocycles. The van der Waals surface area contributed by atoms with Crippen LogP contribution >= 0.6 is 0 Å². The van der Waals surface area contributed by atoms with Crippen LogP contribution in [0.15, 0.2) is 24.3 Å². The van der Waals surface area contributed by atoms with E-state index in [1.54, 1.807) is 0 Å². The van der Waals surface area contributed by atoms with Gasteiger partial charge in [0.05, 0.1) is 12.7 Å². The number of rotatable bonds is 6. The van der Waals surface area contributed by atoms with E-state index in [1.807, 2.05) is 19.1 Å². The molecule has 2 N–H and O–H groups in total. The number of nitrogens with two attached hydrogens (primary N) is 1. The van der Waals surface area contributed by atoms with E-state index in [4.69, 9.17) is 15.2 Å². The minimum Gasteiger partial charge on any atom is -0.491 e. The Kier molecular flexibility index (Phi) is 5.63. The van der Waals surface area contributed by atoms with Gasteiger partial charge in [0.2, 0.25) is 0 Å². The maximum Gasteiger partial charge on any atom is 0.119 e. The SMILES string of the molecule is CC(CN)OCCOc1ccc(C(C)(C)C)cc1. The van der Waals surface area contributed by atoms with Crippen molar-refractivity contribution in [1.29, 1.82) is 0 Å². The first-order valence-electron chi connectivity index (χ1n) is 6.48. The van der Waals surface area contributed by atoms with Gasteiger partial charge in [-0.2, -0.15) is 0 Å². The van der Waals surface area contributed by atoms with Crippen LogP contribution in [-0.2, 0) is 10.2 Å².